The Bertz CT molecular complexity index is 478. The van der Waals surface area contributed by atoms with Crippen LogP contribution in [0.4, 0.5) is 0 Å². The summed E-state index contributed by atoms with van der Waals surface area (Å²) in [5.74, 6) is 1.81. The van der Waals surface area contributed by atoms with Gasteiger partial charge in [-0.25, -0.2) is 0 Å². The van der Waals surface area contributed by atoms with Gasteiger partial charge in [0, 0.05) is 18.7 Å². The first-order chi connectivity index (χ1) is 9.15. The van der Waals surface area contributed by atoms with E-state index in [4.69, 9.17) is 26.4 Å². The molecule has 1 rings (SSSR count). The van der Waals surface area contributed by atoms with Crippen molar-refractivity contribution in [3.63, 3.8) is 0 Å². The first-order valence-electron chi connectivity index (χ1n) is 5.47. The fourth-order valence-electron chi connectivity index (χ4n) is 1.37. The second kappa shape index (κ2) is 7.42. The molecule has 1 aromatic rings. The van der Waals surface area contributed by atoms with Gasteiger partial charge in [-0.15, -0.1) is 0 Å². The lowest BCUT2D eigenvalue weighted by Gasteiger charge is -2.11. The predicted octanol–water partition coefficient (Wildman–Crippen LogP) is 1.14. The minimum absolute atomic E-state index is 0.427. The molecule has 0 saturated heterocycles. The summed E-state index contributed by atoms with van der Waals surface area (Å²) < 4.78 is 15.7. The maximum atomic E-state index is 5.27. The second-order valence-electron chi connectivity index (χ2n) is 3.40. The molecule has 0 spiro atoms. The number of thiocarbonyl (C=S) groups is 1. The van der Waals surface area contributed by atoms with E-state index in [1.165, 1.54) is 0 Å². The Morgan fingerprint density at radius 1 is 1.11 bits per heavy atom. The van der Waals surface area contributed by atoms with Crippen LogP contribution in [-0.4, -0.2) is 39.7 Å². The van der Waals surface area contributed by atoms with E-state index in [-0.39, 0.29) is 0 Å². The van der Waals surface area contributed by atoms with Crippen LogP contribution in [-0.2, 0) is 0 Å². The topological polar surface area (TPSA) is 64.1 Å². The summed E-state index contributed by atoms with van der Waals surface area (Å²) in [5, 5.41) is 7.17. The summed E-state index contributed by atoms with van der Waals surface area (Å²) in [5.41, 5.74) is 3.40. The lowest BCUT2D eigenvalue weighted by molar-refractivity contribution is 0.349. The molecule has 0 bridgehead atoms. The van der Waals surface area contributed by atoms with Crippen molar-refractivity contribution >= 4 is 23.5 Å². The number of hydrogen-bond acceptors (Lipinski definition) is 5. The molecule has 6 nitrogen and oxygen atoms in total. The maximum Gasteiger partial charge on any atom is 0.186 e. The standard InChI is InChI=1S/C12H17N3O3S/c1-13-12(19)15-14-7-8-5-10(17-3)11(18-4)6-9(8)16-2/h5-7H,1-4H3,(H2,13,15,19). The zero-order valence-corrected chi connectivity index (χ0v) is 12.1. The van der Waals surface area contributed by atoms with Crippen LogP contribution < -0.4 is 25.0 Å². The van der Waals surface area contributed by atoms with Crippen molar-refractivity contribution in [2.75, 3.05) is 28.4 Å². The molecule has 0 unspecified atom stereocenters. The molecule has 0 fully saturated rings. The van der Waals surface area contributed by atoms with Crippen molar-refractivity contribution in [1.82, 2.24) is 10.7 Å². The highest BCUT2D eigenvalue weighted by Crippen LogP contribution is 2.33. The number of rotatable bonds is 5. The summed E-state index contributed by atoms with van der Waals surface area (Å²) in [6, 6.07) is 3.50. The smallest absolute Gasteiger partial charge is 0.186 e. The Labute approximate surface area is 117 Å². The Balaban J connectivity index is 3.01. The van der Waals surface area contributed by atoms with Gasteiger partial charge < -0.3 is 19.5 Å². The average Bonchev–Trinajstić information content (AvgIpc) is 2.46. The van der Waals surface area contributed by atoms with Crippen molar-refractivity contribution in [3.05, 3.63) is 17.7 Å². The third-order valence-corrected chi connectivity index (χ3v) is 2.63. The molecule has 0 radical (unpaired) electrons. The zero-order valence-electron chi connectivity index (χ0n) is 11.3. The Morgan fingerprint density at radius 2 is 1.68 bits per heavy atom. The van der Waals surface area contributed by atoms with Gasteiger partial charge in [0.05, 0.1) is 27.5 Å². The molecule has 0 aromatic heterocycles. The van der Waals surface area contributed by atoms with Gasteiger partial charge in [0.25, 0.3) is 0 Å². The predicted molar refractivity (Wildman–Crippen MR) is 78.5 cm³/mol. The van der Waals surface area contributed by atoms with Crippen molar-refractivity contribution in [1.29, 1.82) is 0 Å². The van der Waals surface area contributed by atoms with Crippen LogP contribution in [0.2, 0.25) is 0 Å². The Kier molecular flexibility index (Phi) is 5.87. The summed E-state index contributed by atoms with van der Waals surface area (Å²) in [7, 11) is 6.42. The summed E-state index contributed by atoms with van der Waals surface area (Å²) in [6.07, 6.45) is 1.59. The van der Waals surface area contributed by atoms with E-state index in [0.29, 0.717) is 22.4 Å². The van der Waals surface area contributed by atoms with E-state index in [1.54, 1.807) is 46.7 Å². The van der Waals surface area contributed by atoms with Gasteiger partial charge >= 0.3 is 0 Å². The molecule has 104 valence electrons. The number of methoxy groups -OCH3 is 3. The quantitative estimate of drug-likeness (QED) is 0.480. The van der Waals surface area contributed by atoms with E-state index in [9.17, 15) is 0 Å². The van der Waals surface area contributed by atoms with E-state index in [1.807, 2.05) is 0 Å². The Hall–Kier alpha value is -2.02. The van der Waals surface area contributed by atoms with E-state index in [2.05, 4.69) is 15.8 Å². The van der Waals surface area contributed by atoms with Crippen LogP contribution in [0.15, 0.2) is 17.2 Å². The van der Waals surface area contributed by atoms with Gasteiger partial charge in [-0.3, -0.25) is 5.43 Å². The monoisotopic (exact) mass is 283 g/mol. The number of hydrogen-bond donors (Lipinski definition) is 2. The van der Waals surface area contributed by atoms with Gasteiger partial charge in [-0.2, -0.15) is 5.10 Å². The largest absolute Gasteiger partial charge is 0.496 e. The summed E-state index contributed by atoms with van der Waals surface area (Å²) >= 11 is 4.91. The lowest BCUT2D eigenvalue weighted by atomic mass is 10.2. The molecule has 0 amide bonds. The minimum Gasteiger partial charge on any atom is -0.496 e. The fraction of sp³-hybridized carbons (Fsp3) is 0.333. The summed E-state index contributed by atoms with van der Waals surface area (Å²) in [4.78, 5) is 0. The highest BCUT2D eigenvalue weighted by molar-refractivity contribution is 7.80. The van der Waals surface area contributed by atoms with Crippen LogP contribution in [0, 0.1) is 0 Å². The van der Waals surface area contributed by atoms with Crippen LogP contribution in [0.1, 0.15) is 5.56 Å². The van der Waals surface area contributed by atoms with E-state index < -0.39 is 0 Å². The SMILES string of the molecule is CNC(=S)NN=Cc1cc(OC)c(OC)cc1OC. The third kappa shape index (κ3) is 3.99. The minimum atomic E-state index is 0.427. The van der Waals surface area contributed by atoms with E-state index >= 15 is 0 Å². The van der Waals surface area contributed by atoms with E-state index in [0.717, 1.165) is 5.56 Å². The zero-order chi connectivity index (χ0) is 14.3. The molecule has 19 heavy (non-hydrogen) atoms. The van der Waals surface area contributed by atoms with Gasteiger partial charge in [0.1, 0.15) is 5.75 Å². The fourth-order valence-corrected chi connectivity index (χ4v) is 1.42. The van der Waals surface area contributed by atoms with Crippen molar-refractivity contribution < 1.29 is 14.2 Å². The molecule has 2 N–H and O–H groups in total. The molecule has 0 atom stereocenters. The molecule has 0 heterocycles. The van der Waals surface area contributed by atoms with Gasteiger partial charge in [-0.05, 0) is 18.3 Å². The first-order valence-corrected chi connectivity index (χ1v) is 5.87. The highest BCUT2D eigenvalue weighted by Gasteiger charge is 2.10. The highest BCUT2D eigenvalue weighted by atomic mass is 32.1. The number of nitrogens with one attached hydrogen (secondary N) is 2. The van der Waals surface area contributed by atoms with Gasteiger partial charge in [0.2, 0.25) is 0 Å². The number of hydrazone groups is 1. The normalized spacial score (nSPS) is 10.1. The van der Waals surface area contributed by atoms with Crippen LogP contribution in [0.5, 0.6) is 17.2 Å². The Morgan fingerprint density at radius 3 is 2.21 bits per heavy atom. The van der Waals surface area contributed by atoms with Crippen molar-refractivity contribution in [3.8, 4) is 17.2 Å². The first kappa shape index (κ1) is 15.0. The van der Waals surface area contributed by atoms with Crippen LogP contribution in [0.3, 0.4) is 0 Å². The van der Waals surface area contributed by atoms with Crippen LogP contribution >= 0.6 is 12.2 Å². The van der Waals surface area contributed by atoms with Gasteiger partial charge in [0.15, 0.2) is 16.6 Å². The second-order valence-corrected chi connectivity index (χ2v) is 3.81. The maximum absolute atomic E-state index is 5.27. The van der Waals surface area contributed by atoms with Crippen molar-refractivity contribution in [2.45, 2.75) is 0 Å². The molecular weight excluding hydrogens is 266 g/mol. The van der Waals surface area contributed by atoms with Gasteiger partial charge in [-0.1, -0.05) is 0 Å². The average molecular weight is 283 g/mol. The third-order valence-electron chi connectivity index (χ3n) is 2.33. The number of benzene rings is 1. The molecule has 7 heteroatoms. The number of nitrogens with zero attached hydrogens (tertiary/aromatic N) is 1. The van der Waals surface area contributed by atoms with Crippen molar-refractivity contribution in [2.24, 2.45) is 5.10 Å². The molecule has 0 saturated carbocycles. The molecule has 1 aromatic carbocycles. The molecule has 0 aliphatic rings. The summed E-state index contributed by atoms with van der Waals surface area (Å²) in [6.45, 7) is 0. The lowest BCUT2D eigenvalue weighted by Crippen LogP contribution is -2.28. The van der Waals surface area contributed by atoms with Crippen LogP contribution in [0.25, 0.3) is 0 Å². The molecule has 0 aliphatic heterocycles. The number of ether oxygens (including phenoxy) is 3. The molecule has 0 aliphatic carbocycles. The molecular formula is C12H17N3O3S.